The van der Waals surface area contributed by atoms with Gasteiger partial charge in [0.25, 0.3) is 5.56 Å². The van der Waals surface area contributed by atoms with E-state index in [4.69, 9.17) is 0 Å². The summed E-state index contributed by atoms with van der Waals surface area (Å²) < 4.78 is 1.59. The van der Waals surface area contributed by atoms with Gasteiger partial charge in [-0.3, -0.25) is 14.1 Å². The standard InChI is InChI=1S/C13H18N4OS/c1-13(2)9-14-3-4-16(13)8-10-7-11(18)17-5-6-19-12(17)15-10/h5-7,14H,3-4,8-9H2,1-2H3. The van der Waals surface area contributed by atoms with Crippen molar-refractivity contribution in [1.82, 2.24) is 19.6 Å². The van der Waals surface area contributed by atoms with Gasteiger partial charge >= 0.3 is 0 Å². The SMILES string of the molecule is CC1(C)CNCCN1Cc1cc(=O)n2ccsc2n1. The summed E-state index contributed by atoms with van der Waals surface area (Å²) in [5.74, 6) is 0. The summed E-state index contributed by atoms with van der Waals surface area (Å²) in [4.78, 5) is 19.7. The Hall–Kier alpha value is -1.24. The van der Waals surface area contributed by atoms with Crippen LogP contribution in [0, 0.1) is 0 Å². The summed E-state index contributed by atoms with van der Waals surface area (Å²) in [6, 6.07) is 1.65. The molecule has 0 saturated carbocycles. The Balaban J connectivity index is 1.90. The molecule has 0 bridgehead atoms. The maximum Gasteiger partial charge on any atom is 0.258 e. The normalized spacial score (nSPS) is 19.9. The summed E-state index contributed by atoms with van der Waals surface area (Å²) >= 11 is 1.50. The molecule has 102 valence electrons. The van der Waals surface area contributed by atoms with Crippen molar-refractivity contribution in [3.05, 3.63) is 33.7 Å². The third-order valence-electron chi connectivity index (χ3n) is 3.68. The molecule has 0 aromatic carbocycles. The van der Waals surface area contributed by atoms with Crippen LogP contribution >= 0.6 is 11.3 Å². The zero-order valence-electron chi connectivity index (χ0n) is 11.2. The van der Waals surface area contributed by atoms with E-state index in [1.165, 1.54) is 11.3 Å². The molecule has 3 heterocycles. The van der Waals surface area contributed by atoms with Gasteiger partial charge in [0.1, 0.15) is 0 Å². The molecule has 2 aromatic rings. The molecule has 5 nitrogen and oxygen atoms in total. The lowest BCUT2D eigenvalue weighted by Crippen LogP contribution is -2.57. The Morgan fingerprint density at radius 1 is 1.53 bits per heavy atom. The van der Waals surface area contributed by atoms with Crippen LogP contribution in [0.4, 0.5) is 0 Å². The predicted octanol–water partition coefficient (Wildman–Crippen LogP) is 0.940. The number of fused-ring (bicyclic) bond motifs is 1. The lowest BCUT2D eigenvalue weighted by molar-refractivity contribution is 0.0814. The highest BCUT2D eigenvalue weighted by Crippen LogP contribution is 2.18. The monoisotopic (exact) mass is 278 g/mol. The van der Waals surface area contributed by atoms with E-state index in [2.05, 4.69) is 29.0 Å². The molecule has 0 aliphatic carbocycles. The van der Waals surface area contributed by atoms with Gasteiger partial charge in [0, 0.05) is 49.4 Å². The average molecular weight is 278 g/mol. The first-order valence-corrected chi connectivity index (χ1v) is 7.36. The van der Waals surface area contributed by atoms with Crippen LogP contribution in [0.15, 0.2) is 22.4 Å². The Morgan fingerprint density at radius 2 is 2.37 bits per heavy atom. The minimum absolute atomic E-state index is 0.00851. The summed E-state index contributed by atoms with van der Waals surface area (Å²) in [5.41, 5.74) is 0.970. The molecule has 1 saturated heterocycles. The fraction of sp³-hybridized carbons (Fsp3) is 0.538. The summed E-state index contributed by atoms with van der Waals surface area (Å²) in [6.45, 7) is 8.11. The van der Waals surface area contributed by atoms with Gasteiger partial charge in [-0.25, -0.2) is 4.98 Å². The zero-order chi connectivity index (χ0) is 13.5. The molecular formula is C13H18N4OS. The van der Waals surface area contributed by atoms with E-state index in [0.29, 0.717) is 0 Å². The highest BCUT2D eigenvalue weighted by molar-refractivity contribution is 7.15. The highest BCUT2D eigenvalue weighted by atomic mass is 32.1. The van der Waals surface area contributed by atoms with Crippen LogP contribution in [0.5, 0.6) is 0 Å². The lowest BCUT2D eigenvalue weighted by atomic mass is 10.00. The largest absolute Gasteiger partial charge is 0.314 e. The second kappa shape index (κ2) is 4.70. The van der Waals surface area contributed by atoms with Crippen molar-refractivity contribution >= 4 is 16.3 Å². The second-order valence-electron chi connectivity index (χ2n) is 5.55. The van der Waals surface area contributed by atoms with E-state index in [1.54, 1.807) is 16.7 Å². The third kappa shape index (κ3) is 2.43. The molecule has 0 atom stereocenters. The van der Waals surface area contributed by atoms with Gasteiger partial charge in [0.2, 0.25) is 0 Å². The minimum atomic E-state index is 0.00851. The Kier molecular flexibility index (Phi) is 3.16. The first kappa shape index (κ1) is 12.8. The number of nitrogens with zero attached hydrogens (tertiary/aromatic N) is 3. The molecular weight excluding hydrogens is 260 g/mol. The van der Waals surface area contributed by atoms with Crippen LogP contribution in [0.3, 0.4) is 0 Å². The van der Waals surface area contributed by atoms with Gasteiger partial charge in [-0.2, -0.15) is 0 Å². The molecule has 1 fully saturated rings. The van der Waals surface area contributed by atoms with Gasteiger partial charge < -0.3 is 5.32 Å². The minimum Gasteiger partial charge on any atom is -0.314 e. The van der Waals surface area contributed by atoms with Crippen LogP contribution in [0.2, 0.25) is 0 Å². The van der Waals surface area contributed by atoms with Crippen molar-refractivity contribution in [2.45, 2.75) is 25.9 Å². The van der Waals surface area contributed by atoms with Crippen molar-refractivity contribution < 1.29 is 0 Å². The van der Waals surface area contributed by atoms with Gasteiger partial charge in [-0.15, -0.1) is 11.3 Å². The topological polar surface area (TPSA) is 49.6 Å². The quantitative estimate of drug-likeness (QED) is 0.888. The van der Waals surface area contributed by atoms with Crippen LogP contribution in [0.1, 0.15) is 19.5 Å². The van der Waals surface area contributed by atoms with E-state index >= 15 is 0 Å². The maximum absolute atomic E-state index is 12.0. The predicted molar refractivity (Wildman–Crippen MR) is 76.7 cm³/mol. The van der Waals surface area contributed by atoms with Crippen molar-refractivity contribution in [3.8, 4) is 0 Å². The van der Waals surface area contributed by atoms with E-state index in [-0.39, 0.29) is 11.1 Å². The first-order chi connectivity index (χ1) is 9.06. The molecule has 0 amide bonds. The third-order valence-corrected chi connectivity index (χ3v) is 4.44. The summed E-state index contributed by atoms with van der Waals surface area (Å²) in [6.07, 6.45) is 1.77. The van der Waals surface area contributed by atoms with E-state index in [9.17, 15) is 4.79 Å². The number of aromatic nitrogens is 2. The molecule has 0 radical (unpaired) electrons. The molecule has 19 heavy (non-hydrogen) atoms. The first-order valence-electron chi connectivity index (χ1n) is 6.48. The van der Waals surface area contributed by atoms with E-state index < -0.39 is 0 Å². The molecule has 6 heteroatoms. The summed E-state index contributed by atoms with van der Waals surface area (Å²) in [7, 11) is 0. The van der Waals surface area contributed by atoms with Crippen LogP contribution in [-0.2, 0) is 6.54 Å². The molecule has 0 spiro atoms. The van der Waals surface area contributed by atoms with Gasteiger partial charge in [-0.1, -0.05) is 0 Å². The fourth-order valence-electron chi connectivity index (χ4n) is 2.48. The molecule has 1 N–H and O–H groups in total. The van der Waals surface area contributed by atoms with Gasteiger partial charge in [-0.05, 0) is 13.8 Å². The molecule has 1 aliphatic heterocycles. The maximum atomic E-state index is 12.0. The second-order valence-corrected chi connectivity index (χ2v) is 6.43. The van der Waals surface area contributed by atoms with E-state index in [0.717, 1.165) is 36.8 Å². The molecule has 3 rings (SSSR count). The Bertz CT molecular complexity index is 645. The van der Waals surface area contributed by atoms with Crippen LogP contribution in [0.25, 0.3) is 4.96 Å². The molecule has 1 aliphatic rings. The Morgan fingerprint density at radius 3 is 3.16 bits per heavy atom. The van der Waals surface area contributed by atoms with Gasteiger partial charge in [0.05, 0.1) is 5.69 Å². The van der Waals surface area contributed by atoms with Crippen molar-refractivity contribution in [2.75, 3.05) is 19.6 Å². The Labute approximate surface area is 115 Å². The summed E-state index contributed by atoms with van der Waals surface area (Å²) in [5, 5.41) is 5.29. The number of hydrogen-bond acceptors (Lipinski definition) is 5. The average Bonchev–Trinajstić information content (AvgIpc) is 2.80. The van der Waals surface area contributed by atoms with E-state index in [1.807, 2.05) is 5.38 Å². The molecule has 2 aromatic heterocycles. The van der Waals surface area contributed by atoms with Crippen molar-refractivity contribution in [1.29, 1.82) is 0 Å². The lowest BCUT2D eigenvalue weighted by Gasteiger charge is -2.42. The number of hydrogen-bond donors (Lipinski definition) is 1. The molecule has 0 unspecified atom stereocenters. The number of nitrogens with one attached hydrogen (secondary N) is 1. The smallest absolute Gasteiger partial charge is 0.258 e. The van der Waals surface area contributed by atoms with Crippen LogP contribution in [-0.4, -0.2) is 39.5 Å². The van der Waals surface area contributed by atoms with Crippen LogP contribution < -0.4 is 10.9 Å². The number of thiazole rings is 1. The number of piperazine rings is 1. The zero-order valence-corrected chi connectivity index (χ0v) is 12.0. The van der Waals surface area contributed by atoms with Crippen molar-refractivity contribution in [3.63, 3.8) is 0 Å². The number of rotatable bonds is 2. The van der Waals surface area contributed by atoms with Gasteiger partial charge in [0.15, 0.2) is 4.96 Å². The highest BCUT2D eigenvalue weighted by Gasteiger charge is 2.29. The fourth-order valence-corrected chi connectivity index (χ4v) is 3.22. The van der Waals surface area contributed by atoms with Crippen molar-refractivity contribution in [2.24, 2.45) is 0 Å².